The molecule has 0 aliphatic heterocycles. The van der Waals surface area contributed by atoms with Gasteiger partial charge in [-0.25, -0.2) is 15.0 Å². The molecule has 0 aliphatic carbocycles. The largest absolute Gasteiger partial charge is 0.335 e. The van der Waals surface area contributed by atoms with Crippen LogP contribution in [0.4, 0.5) is 0 Å². The highest BCUT2D eigenvalue weighted by Crippen LogP contribution is 2.21. The maximum Gasteiger partial charge on any atom is 0.181 e. The van der Waals surface area contributed by atoms with Crippen LogP contribution in [0.1, 0.15) is 11.1 Å². The van der Waals surface area contributed by atoms with Gasteiger partial charge in [-0.3, -0.25) is 0 Å². The van der Waals surface area contributed by atoms with E-state index < -0.39 is 0 Å². The molecule has 0 unspecified atom stereocenters. The van der Waals surface area contributed by atoms with Crippen LogP contribution in [0.15, 0.2) is 30.7 Å². The van der Waals surface area contributed by atoms with E-state index in [2.05, 4.69) is 52.0 Å². The lowest BCUT2D eigenvalue weighted by atomic mass is 10.1. The molecule has 0 aliphatic rings. The van der Waals surface area contributed by atoms with Crippen LogP contribution in [0.25, 0.3) is 22.6 Å². The van der Waals surface area contributed by atoms with Crippen molar-refractivity contribution in [2.24, 2.45) is 0 Å². The van der Waals surface area contributed by atoms with Crippen LogP contribution < -0.4 is 0 Å². The topological polar surface area (TPSA) is 54.5 Å². The molecule has 0 amide bonds. The van der Waals surface area contributed by atoms with Crippen molar-refractivity contribution >= 4 is 11.2 Å². The third-order valence-corrected chi connectivity index (χ3v) is 2.94. The van der Waals surface area contributed by atoms with E-state index >= 15 is 0 Å². The summed E-state index contributed by atoms with van der Waals surface area (Å²) in [6.45, 7) is 4.20. The van der Waals surface area contributed by atoms with Crippen molar-refractivity contribution in [3.8, 4) is 11.4 Å². The Balaban J connectivity index is 2.17. The summed E-state index contributed by atoms with van der Waals surface area (Å²) in [4.78, 5) is 15.8. The Morgan fingerprint density at radius 3 is 2.76 bits per heavy atom. The first-order chi connectivity index (χ1) is 8.24. The fraction of sp³-hybridized carbons (Fsp3) is 0.154. The van der Waals surface area contributed by atoms with Gasteiger partial charge in [0, 0.05) is 5.56 Å². The lowest BCUT2D eigenvalue weighted by Gasteiger charge is -2.01. The number of fused-ring (bicyclic) bond motifs is 1. The second kappa shape index (κ2) is 3.66. The third-order valence-electron chi connectivity index (χ3n) is 2.94. The van der Waals surface area contributed by atoms with Crippen molar-refractivity contribution in [2.45, 2.75) is 13.8 Å². The molecule has 3 rings (SSSR count). The number of nitrogens with one attached hydrogen (secondary N) is 1. The van der Waals surface area contributed by atoms with Crippen LogP contribution in [-0.4, -0.2) is 19.9 Å². The van der Waals surface area contributed by atoms with E-state index in [1.807, 2.05) is 0 Å². The summed E-state index contributed by atoms with van der Waals surface area (Å²) in [6.07, 6.45) is 3.24. The number of benzene rings is 1. The first kappa shape index (κ1) is 9.96. The Kier molecular flexibility index (Phi) is 2.14. The van der Waals surface area contributed by atoms with E-state index in [9.17, 15) is 0 Å². The molecule has 0 atom stereocenters. The van der Waals surface area contributed by atoms with Crippen LogP contribution in [0.5, 0.6) is 0 Å². The maximum absolute atomic E-state index is 4.45. The number of hydrogen-bond acceptors (Lipinski definition) is 3. The number of nitrogens with zero attached hydrogens (tertiary/aromatic N) is 3. The van der Waals surface area contributed by atoms with E-state index in [1.54, 1.807) is 6.20 Å². The molecule has 17 heavy (non-hydrogen) atoms. The number of rotatable bonds is 1. The Morgan fingerprint density at radius 1 is 1.12 bits per heavy atom. The van der Waals surface area contributed by atoms with E-state index in [4.69, 9.17) is 0 Å². The zero-order valence-electron chi connectivity index (χ0n) is 9.73. The van der Waals surface area contributed by atoms with Gasteiger partial charge in [0.25, 0.3) is 0 Å². The van der Waals surface area contributed by atoms with Gasteiger partial charge in [-0.05, 0) is 31.0 Å². The SMILES string of the molecule is Cc1ccc(-c2nc3ncncc3[nH]2)cc1C. The molecule has 2 aromatic heterocycles. The average molecular weight is 224 g/mol. The average Bonchev–Trinajstić information content (AvgIpc) is 2.76. The van der Waals surface area contributed by atoms with Crippen LogP contribution in [-0.2, 0) is 0 Å². The van der Waals surface area contributed by atoms with Crippen LogP contribution in [0.3, 0.4) is 0 Å². The fourth-order valence-electron chi connectivity index (χ4n) is 1.79. The molecule has 0 saturated heterocycles. The molecule has 3 aromatic rings. The smallest absolute Gasteiger partial charge is 0.181 e. The van der Waals surface area contributed by atoms with Gasteiger partial charge in [-0.15, -0.1) is 0 Å². The number of H-pyrrole nitrogens is 1. The van der Waals surface area contributed by atoms with Gasteiger partial charge >= 0.3 is 0 Å². The molecule has 0 saturated carbocycles. The van der Waals surface area contributed by atoms with Crippen LogP contribution >= 0.6 is 0 Å². The minimum Gasteiger partial charge on any atom is -0.335 e. The van der Waals surface area contributed by atoms with E-state index in [1.165, 1.54) is 17.5 Å². The second-order valence-electron chi connectivity index (χ2n) is 4.14. The predicted molar refractivity (Wildman–Crippen MR) is 66.6 cm³/mol. The van der Waals surface area contributed by atoms with E-state index in [0.717, 1.165) is 16.9 Å². The van der Waals surface area contributed by atoms with Crippen molar-refractivity contribution in [1.29, 1.82) is 0 Å². The highest BCUT2D eigenvalue weighted by molar-refractivity contribution is 5.74. The Bertz CT molecular complexity index is 652. The summed E-state index contributed by atoms with van der Waals surface area (Å²) in [6, 6.07) is 6.29. The lowest BCUT2D eigenvalue weighted by Crippen LogP contribution is -1.85. The van der Waals surface area contributed by atoms with Gasteiger partial charge in [-0.1, -0.05) is 12.1 Å². The summed E-state index contributed by atoms with van der Waals surface area (Å²) in [7, 11) is 0. The molecule has 0 spiro atoms. The summed E-state index contributed by atoms with van der Waals surface area (Å²) < 4.78 is 0. The Morgan fingerprint density at radius 2 is 2.00 bits per heavy atom. The van der Waals surface area contributed by atoms with E-state index in [0.29, 0.717) is 5.65 Å². The molecule has 0 radical (unpaired) electrons. The maximum atomic E-state index is 4.45. The van der Waals surface area contributed by atoms with Crippen molar-refractivity contribution in [2.75, 3.05) is 0 Å². The molecular weight excluding hydrogens is 212 g/mol. The molecule has 84 valence electrons. The molecule has 4 heteroatoms. The van der Waals surface area contributed by atoms with Gasteiger partial charge in [-0.2, -0.15) is 0 Å². The Hall–Kier alpha value is -2.23. The zero-order chi connectivity index (χ0) is 11.8. The predicted octanol–water partition coefficient (Wildman–Crippen LogP) is 2.64. The molecular formula is C13H12N4. The van der Waals surface area contributed by atoms with Crippen molar-refractivity contribution < 1.29 is 0 Å². The summed E-state index contributed by atoms with van der Waals surface area (Å²) >= 11 is 0. The minimum absolute atomic E-state index is 0.702. The second-order valence-corrected chi connectivity index (χ2v) is 4.14. The molecule has 0 fully saturated rings. The van der Waals surface area contributed by atoms with Gasteiger partial charge < -0.3 is 4.98 Å². The number of imidazole rings is 1. The fourth-order valence-corrected chi connectivity index (χ4v) is 1.79. The molecule has 4 nitrogen and oxygen atoms in total. The van der Waals surface area contributed by atoms with Crippen molar-refractivity contribution in [3.05, 3.63) is 41.9 Å². The summed E-state index contributed by atoms with van der Waals surface area (Å²) in [5, 5.41) is 0. The van der Waals surface area contributed by atoms with Crippen LogP contribution in [0, 0.1) is 13.8 Å². The molecule has 0 bridgehead atoms. The summed E-state index contributed by atoms with van der Waals surface area (Å²) in [5.41, 5.74) is 5.18. The third kappa shape index (κ3) is 1.67. The number of hydrogen-bond donors (Lipinski definition) is 1. The van der Waals surface area contributed by atoms with E-state index in [-0.39, 0.29) is 0 Å². The monoisotopic (exact) mass is 224 g/mol. The minimum atomic E-state index is 0.702. The highest BCUT2D eigenvalue weighted by atomic mass is 15.0. The number of aromatic nitrogens is 4. The summed E-state index contributed by atoms with van der Waals surface area (Å²) in [5.74, 6) is 0.837. The van der Waals surface area contributed by atoms with Crippen molar-refractivity contribution in [3.63, 3.8) is 0 Å². The first-order valence-electron chi connectivity index (χ1n) is 5.47. The quantitative estimate of drug-likeness (QED) is 0.691. The zero-order valence-corrected chi connectivity index (χ0v) is 9.73. The van der Waals surface area contributed by atoms with Crippen LogP contribution in [0.2, 0.25) is 0 Å². The first-order valence-corrected chi connectivity index (χ1v) is 5.47. The van der Waals surface area contributed by atoms with Gasteiger partial charge in [0.2, 0.25) is 0 Å². The Labute approximate surface area is 98.8 Å². The molecule has 1 N–H and O–H groups in total. The molecule has 1 aromatic carbocycles. The number of aromatic amines is 1. The highest BCUT2D eigenvalue weighted by Gasteiger charge is 2.06. The van der Waals surface area contributed by atoms with Crippen molar-refractivity contribution in [1.82, 2.24) is 19.9 Å². The lowest BCUT2D eigenvalue weighted by molar-refractivity contribution is 1.20. The molecule has 2 heterocycles. The normalized spacial score (nSPS) is 10.9. The van der Waals surface area contributed by atoms with Gasteiger partial charge in [0.05, 0.1) is 6.20 Å². The van der Waals surface area contributed by atoms with Gasteiger partial charge in [0.1, 0.15) is 17.7 Å². The van der Waals surface area contributed by atoms with Gasteiger partial charge in [0.15, 0.2) is 5.65 Å². The standard InChI is InChI=1S/C13H12N4/c1-8-3-4-10(5-9(8)2)12-16-11-6-14-7-15-13(11)17-12/h3-7H,1-2H3,(H,14,15,16,17). The number of aryl methyl sites for hydroxylation is 2.